The van der Waals surface area contributed by atoms with Crippen molar-refractivity contribution in [3.05, 3.63) is 39.4 Å². The van der Waals surface area contributed by atoms with Crippen molar-refractivity contribution in [2.45, 2.75) is 38.8 Å². The minimum atomic E-state index is -0.374. The molecule has 1 aromatic carbocycles. The molecule has 1 aliphatic rings. The van der Waals surface area contributed by atoms with Crippen LogP contribution >= 0.6 is 0 Å². The van der Waals surface area contributed by atoms with E-state index >= 15 is 0 Å². The number of carbonyl (C=O) groups excluding carboxylic acids is 1. The second kappa shape index (κ2) is 6.00. The van der Waals surface area contributed by atoms with Gasteiger partial charge < -0.3 is 5.73 Å². The lowest BCUT2D eigenvalue weighted by Crippen LogP contribution is -2.47. The Hall–Kier alpha value is -1.95. The van der Waals surface area contributed by atoms with E-state index in [4.69, 9.17) is 5.73 Å². The van der Waals surface area contributed by atoms with Crippen molar-refractivity contribution in [3.8, 4) is 0 Å². The first-order valence-corrected chi connectivity index (χ1v) is 6.77. The molecule has 6 heteroatoms. The number of hydrogen-bond acceptors (Lipinski definition) is 4. The number of benzene rings is 1. The standard InChI is InChI=1S/C14H19N3O3/c1-10-11(5-4-7-12(10)17(19)20)9-16-8-3-2-6-13(16)14(15)18/h4-5,7,13H,2-3,6,8-9H2,1H3,(H2,15,18). The van der Waals surface area contributed by atoms with E-state index in [0.717, 1.165) is 31.4 Å². The largest absolute Gasteiger partial charge is 0.368 e. The van der Waals surface area contributed by atoms with Crippen molar-refractivity contribution in [2.24, 2.45) is 5.73 Å². The molecule has 1 amide bonds. The molecular weight excluding hydrogens is 258 g/mol. The van der Waals surface area contributed by atoms with Crippen molar-refractivity contribution in [1.82, 2.24) is 4.90 Å². The number of hydrogen-bond donors (Lipinski definition) is 1. The van der Waals surface area contributed by atoms with Crippen molar-refractivity contribution in [2.75, 3.05) is 6.54 Å². The fraction of sp³-hybridized carbons (Fsp3) is 0.500. The molecule has 0 spiro atoms. The minimum Gasteiger partial charge on any atom is -0.368 e. The summed E-state index contributed by atoms with van der Waals surface area (Å²) in [6, 6.07) is 4.79. The van der Waals surface area contributed by atoms with Crippen LogP contribution in [0.4, 0.5) is 5.69 Å². The summed E-state index contributed by atoms with van der Waals surface area (Å²) in [6.45, 7) is 3.08. The Balaban J connectivity index is 2.22. The fourth-order valence-electron chi connectivity index (χ4n) is 2.76. The van der Waals surface area contributed by atoms with Crippen molar-refractivity contribution in [1.29, 1.82) is 0 Å². The Kier molecular flexibility index (Phi) is 4.34. The van der Waals surface area contributed by atoms with Crippen molar-refractivity contribution >= 4 is 11.6 Å². The van der Waals surface area contributed by atoms with Crippen LogP contribution in [0, 0.1) is 17.0 Å². The van der Waals surface area contributed by atoms with Crippen molar-refractivity contribution in [3.63, 3.8) is 0 Å². The third kappa shape index (κ3) is 2.96. The van der Waals surface area contributed by atoms with E-state index in [0.29, 0.717) is 12.1 Å². The molecule has 0 bridgehead atoms. The number of carbonyl (C=O) groups is 1. The first-order valence-electron chi connectivity index (χ1n) is 6.77. The molecule has 1 unspecified atom stereocenters. The van der Waals surface area contributed by atoms with Gasteiger partial charge >= 0.3 is 0 Å². The molecule has 1 fully saturated rings. The lowest BCUT2D eigenvalue weighted by molar-refractivity contribution is -0.385. The van der Waals surface area contributed by atoms with E-state index in [1.54, 1.807) is 13.0 Å². The van der Waals surface area contributed by atoms with Crippen LogP contribution in [0.3, 0.4) is 0 Å². The SMILES string of the molecule is Cc1c(CN2CCCCC2C(N)=O)cccc1[N+](=O)[O-]. The Labute approximate surface area is 117 Å². The molecule has 0 radical (unpaired) electrons. The van der Waals surface area contributed by atoms with Gasteiger partial charge in [-0.05, 0) is 31.9 Å². The third-order valence-corrected chi connectivity index (χ3v) is 3.93. The molecule has 1 aromatic rings. The van der Waals surface area contributed by atoms with Crippen LogP contribution in [0.5, 0.6) is 0 Å². The molecule has 1 atom stereocenters. The van der Waals surface area contributed by atoms with Crippen LogP contribution in [0.1, 0.15) is 30.4 Å². The highest BCUT2D eigenvalue weighted by atomic mass is 16.6. The maximum absolute atomic E-state index is 11.5. The van der Waals surface area contributed by atoms with Crippen LogP contribution in [0.25, 0.3) is 0 Å². The zero-order valence-corrected chi connectivity index (χ0v) is 11.5. The first kappa shape index (κ1) is 14.5. The maximum atomic E-state index is 11.5. The molecule has 0 aliphatic carbocycles. The van der Waals surface area contributed by atoms with E-state index in [9.17, 15) is 14.9 Å². The van der Waals surface area contributed by atoms with Crippen LogP contribution < -0.4 is 5.73 Å². The zero-order valence-electron chi connectivity index (χ0n) is 11.5. The highest BCUT2D eigenvalue weighted by Crippen LogP contribution is 2.25. The molecule has 20 heavy (non-hydrogen) atoms. The highest BCUT2D eigenvalue weighted by Gasteiger charge is 2.27. The summed E-state index contributed by atoms with van der Waals surface area (Å²) >= 11 is 0. The number of nitrogens with two attached hydrogens (primary N) is 1. The fourth-order valence-corrected chi connectivity index (χ4v) is 2.76. The number of nitro groups is 1. The molecule has 6 nitrogen and oxygen atoms in total. The predicted molar refractivity (Wildman–Crippen MR) is 75.1 cm³/mol. The van der Waals surface area contributed by atoms with Gasteiger partial charge in [0.15, 0.2) is 0 Å². The average Bonchev–Trinajstić information content (AvgIpc) is 2.41. The molecule has 1 aliphatic heterocycles. The second-order valence-corrected chi connectivity index (χ2v) is 5.20. The summed E-state index contributed by atoms with van der Waals surface area (Å²) in [6.07, 6.45) is 2.79. The molecule has 1 heterocycles. The van der Waals surface area contributed by atoms with Gasteiger partial charge in [-0.1, -0.05) is 18.6 Å². The summed E-state index contributed by atoms with van der Waals surface area (Å²) in [5.41, 5.74) is 7.10. The summed E-state index contributed by atoms with van der Waals surface area (Å²) in [7, 11) is 0. The number of rotatable bonds is 4. The number of amides is 1. The number of primary amides is 1. The van der Waals surface area contributed by atoms with Gasteiger partial charge in [-0.15, -0.1) is 0 Å². The van der Waals surface area contributed by atoms with E-state index in [2.05, 4.69) is 0 Å². The summed E-state index contributed by atoms with van der Waals surface area (Å²) in [5.74, 6) is -0.312. The van der Waals surface area contributed by atoms with Gasteiger partial charge in [0.25, 0.3) is 5.69 Å². The maximum Gasteiger partial charge on any atom is 0.272 e. The number of likely N-dealkylation sites (tertiary alicyclic amines) is 1. The van der Waals surface area contributed by atoms with E-state index < -0.39 is 0 Å². The lowest BCUT2D eigenvalue weighted by Gasteiger charge is -2.33. The number of piperidine rings is 1. The smallest absolute Gasteiger partial charge is 0.272 e. The number of nitro benzene ring substituents is 1. The van der Waals surface area contributed by atoms with Gasteiger partial charge in [0, 0.05) is 18.2 Å². The molecule has 0 aromatic heterocycles. The lowest BCUT2D eigenvalue weighted by atomic mass is 9.99. The van der Waals surface area contributed by atoms with Crippen LogP contribution in [0.15, 0.2) is 18.2 Å². The van der Waals surface area contributed by atoms with E-state index in [1.807, 2.05) is 11.0 Å². The van der Waals surface area contributed by atoms with Crippen LogP contribution in [-0.2, 0) is 11.3 Å². The first-order chi connectivity index (χ1) is 9.50. The van der Waals surface area contributed by atoms with Crippen LogP contribution in [0.2, 0.25) is 0 Å². The quantitative estimate of drug-likeness (QED) is 0.670. The van der Waals surface area contributed by atoms with Gasteiger partial charge in [0.2, 0.25) is 5.91 Å². The number of nitrogens with zero attached hydrogens (tertiary/aromatic N) is 2. The van der Waals surface area contributed by atoms with Gasteiger partial charge in [0.1, 0.15) is 0 Å². The van der Waals surface area contributed by atoms with Crippen LogP contribution in [-0.4, -0.2) is 28.3 Å². The molecule has 108 valence electrons. The average molecular weight is 277 g/mol. The normalized spacial score (nSPS) is 19.8. The van der Waals surface area contributed by atoms with E-state index in [1.165, 1.54) is 6.07 Å². The molecule has 2 rings (SSSR count). The highest BCUT2D eigenvalue weighted by molar-refractivity contribution is 5.79. The Morgan fingerprint density at radius 2 is 2.25 bits per heavy atom. The monoisotopic (exact) mass is 277 g/mol. The summed E-state index contributed by atoms with van der Waals surface area (Å²) in [4.78, 5) is 24.1. The molecule has 1 saturated heterocycles. The molecular formula is C14H19N3O3. The third-order valence-electron chi connectivity index (χ3n) is 3.93. The summed E-state index contributed by atoms with van der Waals surface area (Å²) in [5, 5.41) is 11.0. The van der Waals surface area contributed by atoms with Crippen molar-refractivity contribution < 1.29 is 9.72 Å². The Bertz CT molecular complexity index is 530. The zero-order chi connectivity index (χ0) is 14.7. The van der Waals surface area contributed by atoms with E-state index in [-0.39, 0.29) is 22.6 Å². The van der Waals surface area contributed by atoms with Gasteiger partial charge in [-0.2, -0.15) is 0 Å². The molecule has 2 N–H and O–H groups in total. The Morgan fingerprint density at radius 1 is 1.50 bits per heavy atom. The van der Waals surface area contributed by atoms with Gasteiger partial charge in [-0.3, -0.25) is 19.8 Å². The summed E-state index contributed by atoms with van der Waals surface area (Å²) < 4.78 is 0. The Morgan fingerprint density at radius 3 is 2.90 bits per heavy atom. The predicted octanol–water partition coefficient (Wildman–Crippen LogP) is 1.74. The second-order valence-electron chi connectivity index (χ2n) is 5.20. The minimum absolute atomic E-state index is 0.120. The topological polar surface area (TPSA) is 89.5 Å². The molecule has 0 saturated carbocycles. The van der Waals surface area contributed by atoms with Gasteiger partial charge in [-0.25, -0.2) is 0 Å². The van der Waals surface area contributed by atoms with Gasteiger partial charge in [0.05, 0.1) is 11.0 Å².